The molecule has 1 fully saturated rings. The van der Waals surface area contributed by atoms with Crippen LogP contribution in [0.4, 0.5) is 0 Å². The lowest BCUT2D eigenvalue weighted by molar-refractivity contribution is 0.0735. The molecule has 0 radical (unpaired) electrons. The van der Waals surface area contributed by atoms with Gasteiger partial charge < -0.3 is 4.90 Å². The number of hydrogen-bond acceptors (Lipinski definition) is 1. The first kappa shape index (κ1) is 16.6. The molecule has 0 unspecified atom stereocenters. The van der Waals surface area contributed by atoms with Gasteiger partial charge in [0.15, 0.2) is 0 Å². The van der Waals surface area contributed by atoms with E-state index in [1.165, 1.54) is 24.0 Å². The topological polar surface area (TPSA) is 20.3 Å². The highest BCUT2D eigenvalue weighted by Gasteiger charge is 2.27. The predicted octanol–water partition coefficient (Wildman–Crippen LogP) is 5.41. The maximum absolute atomic E-state index is 13.1. The van der Waals surface area contributed by atoms with E-state index in [0.29, 0.717) is 12.5 Å². The highest BCUT2D eigenvalue weighted by Crippen LogP contribution is 2.31. The Kier molecular flexibility index (Phi) is 4.83. The monoisotopic (exact) mass is 341 g/mol. The first-order valence-electron chi connectivity index (χ1n) is 9.28. The standard InChI is InChI=1S/C24H23NO/c26-24(23-15-13-22(14-16-23)21-9-5-2-6-10-21)25(18-20-11-12-20)17-19-7-3-1-4-8-19/h1-10,13-16,20H,11-12,17-18H2. The molecule has 3 aromatic rings. The lowest BCUT2D eigenvalue weighted by Gasteiger charge is -2.23. The van der Waals surface area contributed by atoms with Crippen LogP contribution in [0.1, 0.15) is 28.8 Å². The molecule has 0 spiro atoms. The highest BCUT2D eigenvalue weighted by molar-refractivity contribution is 5.94. The lowest BCUT2D eigenvalue weighted by atomic mass is 10.0. The minimum absolute atomic E-state index is 0.125. The van der Waals surface area contributed by atoms with E-state index in [1.807, 2.05) is 65.6 Å². The highest BCUT2D eigenvalue weighted by atomic mass is 16.2. The van der Waals surface area contributed by atoms with Crippen molar-refractivity contribution in [3.63, 3.8) is 0 Å². The third-order valence-corrected chi connectivity index (χ3v) is 4.92. The molecule has 0 heterocycles. The predicted molar refractivity (Wildman–Crippen MR) is 106 cm³/mol. The van der Waals surface area contributed by atoms with Gasteiger partial charge in [0, 0.05) is 18.7 Å². The van der Waals surface area contributed by atoms with Crippen LogP contribution in [-0.2, 0) is 6.54 Å². The number of amides is 1. The van der Waals surface area contributed by atoms with Crippen molar-refractivity contribution in [2.45, 2.75) is 19.4 Å². The number of carbonyl (C=O) groups excluding carboxylic acids is 1. The molecule has 1 aliphatic carbocycles. The summed E-state index contributed by atoms with van der Waals surface area (Å²) in [4.78, 5) is 15.1. The molecule has 0 atom stereocenters. The Hall–Kier alpha value is -2.87. The zero-order valence-corrected chi connectivity index (χ0v) is 14.8. The van der Waals surface area contributed by atoms with Gasteiger partial charge in [0.2, 0.25) is 0 Å². The molecule has 130 valence electrons. The molecule has 0 bridgehead atoms. The van der Waals surface area contributed by atoms with Crippen LogP contribution in [0.3, 0.4) is 0 Å². The maximum Gasteiger partial charge on any atom is 0.254 e. The summed E-state index contributed by atoms with van der Waals surface area (Å²) in [5.74, 6) is 0.798. The number of rotatable bonds is 6. The van der Waals surface area contributed by atoms with Crippen LogP contribution >= 0.6 is 0 Å². The van der Waals surface area contributed by atoms with E-state index in [2.05, 4.69) is 24.3 Å². The number of benzene rings is 3. The van der Waals surface area contributed by atoms with Crippen LogP contribution in [0.2, 0.25) is 0 Å². The van der Waals surface area contributed by atoms with Gasteiger partial charge in [-0.05, 0) is 47.6 Å². The minimum Gasteiger partial charge on any atom is -0.334 e. The molecular formula is C24H23NO. The molecule has 0 aromatic heterocycles. The molecule has 1 aliphatic rings. The number of nitrogens with zero attached hydrogens (tertiary/aromatic N) is 1. The Labute approximate surface area is 155 Å². The molecule has 2 heteroatoms. The van der Waals surface area contributed by atoms with Crippen LogP contribution in [0.5, 0.6) is 0 Å². The van der Waals surface area contributed by atoms with Gasteiger partial charge in [-0.3, -0.25) is 4.79 Å². The smallest absolute Gasteiger partial charge is 0.254 e. The minimum atomic E-state index is 0.125. The molecule has 0 N–H and O–H groups in total. The van der Waals surface area contributed by atoms with E-state index in [-0.39, 0.29) is 5.91 Å². The van der Waals surface area contributed by atoms with E-state index < -0.39 is 0 Å². The summed E-state index contributed by atoms with van der Waals surface area (Å²) in [5, 5.41) is 0. The average Bonchev–Trinajstić information content (AvgIpc) is 3.53. The Balaban J connectivity index is 1.53. The number of hydrogen-bond donors (Lipinski definition) is 0. The van der Waals surface area contributed by atoms with Gasteiger partial charge >= 0.3 is 0 Å². The van der Waals surface area contributed by atoms with Crippen molar-refractivity contribution in [1.82, 2.24) is 4.90 Å². The van der Waals surface area contributed by atoms with Crippen molar-refractivity contribution >= 4 is 5.91 Å². The fourth-order valence-electron chi connectivity index (χ4n) is 3.25. The molecule has 3 aromatic carbocycles. The van der Waals surface area contributed by atoms with Gasteiger partial charge in [0.25, 0.3) is 5.91 Å². The summed E-state index contributed by atoms with van der Waals surface area (Å²) in [6, 6.07) is 28.5. The van der Waals surface area contributed by atoms with Gasteiger partial charge in [0.05, 0.1) is 0 Å². The van der Waals surface area contributed by atoms with Gasteiger partial charge in [-0.2, -0.15) is 0 Å². The molecule has 0 saturated heterocycles. The molecule has 0 aliphatic heterocycles. The van der Waals surface area contributed by atoms with Crippen LogP contribution in [-0.4, -0.2) is 17.4 Å². The summed E-state index contributed by atoms with van der Waals surface area (Å²) < 4.78 is 0. The van der Waals surface area contributed by atoms with E-state index >= 15 is 0 Å². The molecule has 1 amide bonds. The molecule has 26 heavy (non-hydrogen) atoms. The van der Waals surface area contributed by atoms with Crippen molar-refractivity contribution in [1.29, 1.82) is 0 Å². The van der Waals surface area contributed by atoms with Crippen molar-refractivity contribution in [3.05, 3.63) is 96.1 Å². The molecule has 2 nitrogen and oxygen atoms in total. The Morgan fingerprint density at radius 3 is 1.96 bits per heavy atom. The third kappa shape index (κ3) is 4.02. The number of carbonyl (C=O) groups is 1. The Bertz CT molecular complexity index is 852. The van der Waals surface area contributed by atoms with Crippen molar-refractivity contribution < 1.29 is 4.79 Å². The quantitative estimate of drug-likeness (QED) is 0.587. The zero-order valence-electron chi connectivity index (χ0n) is 14.8. The molecule has 1 saturated carbocycles. The van der Waals surface area contributed by atoms with Crippen LogP contribution in [0.15, 0.2) is 84.9 Å². The second-order valence-electron chi connectivity index (χ2n) is 7.06. The second-order valence-corrected chi connectivity index (χ2v) is 7.06. The Morgan fingerprint density at radius 2 is 1.35 bits per heavy atom. The Morgan fingerprint density at radius 1 is 0.769 bits per heavy atom. The van der Waals surface area contributed by atoms with Gasteiger partial charge in [-0.1, -0.05) is 72.8 Å². The average molecular weight is 341 g/mol. The van der Waals surface area contributed by atoms with E-state index in [1.54, 1.807) is 0 Å². The maximum atomic E-state index is 13.1. The summed E-state index contributed by atoms with van der Waals surface area (Å²) in [6.07, 6.45) is 2.48. The van der Waals surface area contributed by atoms with E-state index in [0.717, 1.165) is 17.7 Å². The van der Waals surface area contributed by atoms with Crippen molar-refractivity contribution in [2.75, 3.05) is 6.54 Å². The fourth-order valence-corrected chi connectivity index (χ4v) is 3.25. The van der Waals surface area contributed by atoms with Gasteiger partial charge in [-0.15, -0.1) is 0 Å². The largest absolute Gasteiger partial charge is 0.334 e. The normalized spacial score (nSPS) is 13.4. The van der Waals surface area contributed by atoms with Crippen LogP contribution in [0.25, 0.3) is 11.1 Å². The summed E-state index contributed by atoms with van der Waals surface area (Å²) in [5.41, 5.74) is 4.26. The van der Waals surface area contributed by atoms with Crippen molar-refractivity contribution in [2.24, 2.45) is 5.92 Å². The van der Waals surface area contributed by atoms with Gasteiger partial charge in [0.1, 0.15) is 0 Å². The summed E-state index contributed by atoms with van der Waals surface area (Å²) >= 11 is 0. The zero-order chi connectivity index (χ0) is 17.8. The SMILES string of the molecule is O=C(c1ccc(-c2ccccc2)cc1)N(Cc1ccccc1)CC1CC1. The summed E-state index contributed by atoms with van der Waals surface area (Å²) in [7, 11) is 0. The third-order valence-electron chi connectivity index (χ3n) is 4.92. The second kappa shape index (κ2) is 7.57. The van der Waals surface area contributed by atoms with Crippen LogP contribution in [0, 0.1) is 5.92 Å². The van der Waals surface area contributed by atoms with Crippen LogP contribution < -0.4 is 0 Å². The van der Waals surface area contributed by atoms with E-state index in [4.69, 9.17) is 0 Å². The fraction of sp³-hybridized carbons (Fsp3) is 0.208. The van der Waals surface area contributed by atoms with Gasteiger partial charge in [-0.25, -0.2) is 0 Å². The lowest BCUT2D eigenvalue weighted by Crippen LogP contribution is -2.32. The first-order valence-corrected chi connectivity index (χ1v) is 9.28. The molecular weight excluding hydrogens is 318 g/mol. The molecule has 4 rings (SSSR count). The van der Waals surface area contributed by atoms with Crippen molar-refractivity contribution in [3.8, 4) is 11.1 Å². The van der Waals surface area contributed by atoms with E-state index in [9.17, 15) is 4.79 Å². The first-order chi connectivity index (χ1) is 12.8. The summed E-state index contributed by atoms with van der Waals surface area (Å²) in [6.45, 7) is 1.53.